The number of benzene rings is 1. The summed E-state index contributed by atoms with van der Waals surface area (Å²) in [6, 6.07) is 9.31. The quantitative estimate of drug-likeness (QED) is 0.866. The minimum absolute atomic E-state index is 0.325. The van der Waals surface area contributed by atoms with Gasteiger partial charge in [-0.2, -0.15) is 0 Å². The Kier molecular flexibility index (Phi) is 5.06. The molecule has 4 atom stereocenters. The number of rotatable bonds is 4. The van der Waals surface area contributed by atoms with Crippen LogP contribution >= 0.6 is 8.03 Å². The van der Waals surface area contributed by atoms with Crippen LogP contribution in [-0.4, -0.2) is 16.8 Å². The molecule has 3 nitrogen and oxygen atoms in total. The molecule has 0 heterocycles. The fraction of sp³-hybridized carbons (Fsp3) is 0.625. The zero-order valence-electron chi connectivity index (χ0n) is 12.5. The summed E-state index contributed by atoms with van der Waals surface area (Å²) in [6.07, 6.45) is 1.99. The molecule has 1 aromatic carbocycles. The maximum atomic E-state index is 12.3. The van der Waals surface area contributed by atoms with Gasteiger partial charge >= 0.3 is 0 Å². The molecule has 0 bridgehead atoms. The maximum absolute atomic E-state index is 12.3. The molecule has 0 spiro atoms. The Morgan fingerprint density at radius 2 is 2.00 bits per heavy atom. The molecule has 112 valence electrons. The van der Waals surface area contributed by atoms with Crippen LogP contribution in [0.2, 0.25) is 0 Å². The number of aliphatic hydroxyl groups excluding tert-OH is 1. The molecule has 0 aromatic heterocycles. The highest BCUT2D eigenvalue weighted by atomic mass is 31.1. The van der Waals surface area contributed by atoms with E-state index in [4.69, 9.17) is 4.52 Å². The fourth-order valence-corrected chi connectivity index (χ4v) is 4.30. The van der Waals surface area contributed by atoms with Crippen molar-refractivity contribution in [1.29, 1.82) is 0 Å². The van der Waals surface area contributed by atoms with Crippen molar-refractivity contribution in [3.05, 3.63) is 30.3 Å². The second kappa shape index (κ2) is 6.43. The molecule has 20 heavy (non-hydrogen) atoms. The van der Waals surface area contributed by atoms with Crippen LogP contribution in [0, 0.1) is 11.8 Å². The molecular formula is C16H25O3P. The lowest BCUT2D eigenvalue weighted by Gasteiger charge is -2.41. The number of hydrogen-bond acceptors (Lipinski definition) is 3. The summed E-state index contributed by atoms with van der Waals surface area (Å²) >= 11 is 0. The fourth-order valence-electron chi connectivity index (χ4n) is 3.09. The molecule has 1 unspecified atom stereocenters. The number of aliphatic hydroxyl groups is 1. The van der Waals surface area contributed by atoms with E-state index in [2.05, 4.69) is 13.8 Å². The SMILES string of the molecule is CC(C)[C@@H]1CC[C@@](C)(O[PH](=O)c2ccccc2)C[C@H]1O. The van der Waals surface area contributed by atoms with Gasteiger partial charge in [0.2, 0.25) is 8.03 Å². The van der Waals surface area contributed by atoms with Crippen LogP contribution in [0.25, 0.3) is 0 Å². The lowest BCUT2D eigenvalue weighted by molar-refractivity contribution is -0.0500. The van der Waals surface area contributed by atoms with Gasteiger partial charge in [-0.25, -0.2) is 0 Å². The first kappa shape index (κ1) is 15.8. The van der Waals surface area contributed by atoms with Crippen LogP contribution in [0.15, 0.2) is 30.3 Å². The summed E-state index contributed by atoms with van der Waals surface area (Å²) < 4.78 is 18.2. The molecule has 4 heteroatoms. The van der Waals surface area contributed by atoms with Crippen LogP contribution in [0.5, 0.6) is 0 Å². The monoisotopic (exact) mass is 296 g/mol. The number of hydrogen-bond donors (Lipinski definition) is 1. The molecule has 1 fully saturated rings. The van der Waals surface area contributed by atoms with Gasteiger partial charge < -0.3 is 9.63 Å². The van der Waals surface area contributed by atoms with E-state index in [0.717, 1.165) is 18.1 Å². The second-order valence-corrected chi connectivity index (χ2v) is 7.78. The van der Waals surface area contributed by atoms with Crippen molar-refractivity contribution < 1.29 is 14.2 Å². The maximum Gasteiger partial charge on any atom is 0.221 e. The Morgan fingerprint density at radius 3 is 2.55 bits per heavy atom. The molecule has 0 amide bonds. The molecule has 0 radical (unpaired) electrons. The Labute approximate surface area is 122 Å². The molecule has 1 N–H and O–H groups in total. The van der Waals surface area contributed by atoms with Crippen LogP contribution in [0.3, 0.4) is 0 Å². The van der Waals surface area contributed by atoms with Crippen molar-refractivity contribution >= 4 is 13.3 Å². The van der Waals surface area contributed by atoms with Gasteiger partial charge in [-0.05, 0) is 43.7 Å². The molecule has 1 aliphatic carbocycles. The summed E-state index contributed by atoms with van der Waals surface area (Å²) in [5, 5.41) is 11.0. The molecule has 0 aliphatic heterocycles. The van der Waals surface area contributed by atoms with E-state index in [-0.39, 0.29) is 6.10 Å². The third-order valence-corrected chi connectivity index (χ3v) is 5.83. The van der Waals surface area contributed by atoms with Crippen molar-refractivity contribution in [2.24, 2.45) is 11.8 Å². The lowest BCUT2D eigenvalue weighted by atomic mass is 9.73. The average Bonchev–Trinajstić information content (AvgIpc) is 2.38. The molecule has 2 rings (SSSR count). The summed E-state index contributed by atoms with van der Waals surface area (Å²) in [7, 11) is -2.25. The third kappa shape index (κ3) is 3.72. The first-order chi connectivity index (χ1) is 9.41. The molecule has 0 saturated heterocycles. The zero-order chi connectivity index (χ0) is 14.8. The topological polar surface area (TPSA) is 46.5 Å². The van der Waals surface area contributed by atoms with E-state index in [1.54, 1.807) is 0 Å². The Bertz CT molecular complexity index is 460. The van der Waals surface area contributed by atoms with E-state index in [1.165, 1.54) is 0 Å². The molecule has 1 aliphatic rings. The van der Waals surface area contributed by atoms with Crippen molar-refractivity contribution in [2.75, 3.05) is 0 Å². The van der Waals surface area contributed by atoms with Crippen LogP contribution in [0.1, 0.15) is 40.0 Å². The molecule has 1 saturated carbocycles. The predicted molar refractivity (Wildman–Crippen MR) is 82.8 cm³/mol. The lowest BCUT2D eigenvalue weighted by Crippen LogP contribution is -2.42. The molecule has 1 aromatic rings. The van der Waals surface area contributed by atoms with Crippen LogP contribution < -0.4 is 5.30 Å². The van der Waals surface area contributed by atoms with Gasteiger partial charge in [-0.3, -0.25) is 4.57 Å². The first-order valence-electron chi connectivity index (χ1n) is 7.38. The van der Waals surface area contributed by atoms with Gasteiger partial charge in [-0.1, -0.05) is 32.0 Å². The highest BCUT2D eigenvalue weighted by Gasteiger charge is 2.39. The van der Waals surface area contributed by atoms with Crippen molar-refractivity contribution in [2.45, 2.75) is 51.7 Å². The van der Waals surface area contributed by atoms with Crippen molar-refractivity contribution in [1.82, 2.24) is 0 Å². The third-order valence-electron chi connectivity index (χ3n) is 4.35. The standard InChI is InChI=1S/C16H25O3P/c1-12(2)14-9-10-16(3,11-15(14)17)19-20(18)13-7-5-4-6-8-13/h4-8,12,14-15,17,20H,9-11H2,1-3H3/t14-,15+,16+/m0/s1. The van der Waals surface area contributed by atoms with Gasteiger partial charge in [0.05, 0.1) is 11.7 Å². The summed E-state index contributed by atoms with van der Waals surface area (Å²) in [6.45, 7) is 6.26. The Balaban J connectivity index is 2.01. The van der Waals surface area contributed by atoms with Gasteiger partial charge in [-0.15, -0.1) is 0 Å². The highest BCUT2D eigenvalue weighted by Crippen LogP contribution is 2.42. The smallest absolute Gasteiger partial charge is 0.221 e. The van der Waals surface area contributed by atoms with E-state index in [0.29, 0.717) is 18.3 Å². The normalized spacial score (nSPS) is 32.2. The van der Waals surface area contributed by atoms with E-state index < -0.39 is 13.6 Å². The summed E-state index contributed by atoms with van der Waals surface area (Å²) in [5.41, 5.74) is -0.476. The van der Waals surface area contributed by atoms with Gasteiger partial charge in [0, 0.05) is 11.7 Å². The summed E-state index contributed by atoms with van der Waals surface area (Å²) in [4.78, 5) is 0. The van der Waals surface area contributed by atoms with Gasteiger partial charge in [0.1, 0.15) is 0 Å². The van der Waals surface area contributed by atoms with Gasteiger partial charge in [0.15, 0.2) is 0 Å². The zero-order valence-corrected chi connectivity index (χ0v) is 13.5. The Hall–Kier alpha value is -0.630. The van der Waals surface area contributed by atoms with Crippen molar-refractivity contribution in [3.8, 4) is 0 Å². The van der Waals surface area contributed by atoms with Crippen LogP contribution in [0.4, 0.5) is 0 Å². The first-order valence-corrected chi connectivity index (χ1v) is 8.69. The summed E-state index contributed by atoms with van der Waals surface area (Å²) in [5.74, 6) is 0.798. The average molecular weight is 296 g/mol. The van der Waals surface area contributed by atoms with Crippen LogP contribution in [-0.2, 0) is 9.09 Å². The minimum Gasteiger partial charge on any atom is -0.393 e. The Morgan fingerprint density at radius 1 is 1.35 bits per heavy atom. The predicted octanol–water partition coefficient (Wildman–Crippen LogP) is 3.38. The molecular weight excluding hydrogens is 271 g/mol. The van der Waals surface area contributed by atoms with Crippen molar-refractivity contribution in [3.63, 3.8) is 0 Å². The van der Waals surface area contributed by atoms with Gasteiger partial charge in [0.25, 0.3) is 0 Å². The largest absolute Gasteiger partial charge is 0.393 e. The van der Waals surface area contributed by atoms with E-state index >= 15 is 0 Å². The van der Waals surface area contributed by atoms with E-state index in [1.807, 2.05) is 37.3 Å². The second-order valence-electron chi connectivity index (χ2n) is 6.42. The minimum atomic E-state index is -2.25. The van der Waals surface area contributed by atoms with E-state index in [9.17, 15) is 9.67 Å². The highest BCUT2D eigenvalue weighted by molar-refractivity contribution is 7.48.